The van der Waals surface area contributed by atoms with Crippen LogP contribution in [0, 0.1) is 10.1 Å². The fourth-order valence-corrected chi connectivity index (χ4v) is 3.84. The molecule has 1 aliphatic rings. The molecule has 0 aliphatic heterocycles. The summed E-state index contributed by atoms with van der Waals surface area (Å²) in [6.45, 7) is 0.285. The van der Waals surface area contributed by atoms with E-state index < -0.39 is 10.8 Å². The van der Waals surface area contributed by atoms with Crippen molar-refractivity contribution in [2.45, 2.75) is 22.6 Å². The van der Waals surface area contributed by atoms with Gasteiger partial charge in [-0.15, -0.1) is 0 Å². The molecule has 98 valence electrons. The van der Waals surface area contributed by atoms with Gasteiger partial charge in [0.25, 0.3) is 5.69 Å². The summed E-state index contributed by atoms with van der Waals surface area (Å²) in [4.78, 5) is 24.5. The highest BCUT2D eigenvalue weighted by molar-refractivity contribution is 8.77. The molecule has 0 aromatic carbocycles. The van der Waals surface area contributed by atoms with Crippen molar-refractivity contribution in [3.8, 4) is 0 Å². The van der Waals surface area contributed by atoms with Crippen LogP contribution in [0.25, 0.3) is 0 Å². The monoisotopic (exact) mass is 296 g/mol. The molecule has 1 aromatic rings. The highest BCUT2D eigenvalue weighted by Gasteiger charge is 2.45. The number of carbonyl (C=O) groups excluding carboxylic acids is 1. The molecule has 1 heterocycles. The summed E-state index contributed by atoms with van der Waals surface area (Å²) in [5, 5.41) is 11.2. The van der Waals surface area contributed by atoms with Crippen LogP contribution in [0.1, 0.15) is 12.8 Å². The van der Waals surface area contributed by atoms with E-state index in [9.17, 15) is 14.9 Å². The highest BCUT2D eigenvalue weighted by atomic mass is 33.1. The second-order valence-electron chi connectivity index (χ2n) is 4.07. The molecule has 0 saturated heterocycles. The maximum Gasteiger partial charge on any atom is 0.287 e. The molecule has 6 nitrogen and oxygen atoms in total. The van der Waals surface area contributed by atoms with Crippen molar-refractivity contribution in [3.05, 3.63) is 28.4 Å². The zero-order chi connectivity index (χ0) is 13.9. The molecular formula is C10H9BN2O4S2. The predicted octanol–water partition coefficient (Wildman–Crippen LogP) is 2.57. The summed E-state index contributed by atoms with van der Waals surface area (Å²) >= 11 is 0. The molecule has 0 atom stereocenters. The van der Waals surface area contributed by atoms with Crippen molar-refractivity contribution in [2.75, 3.05) is 6.61 Å². The minimum Gasteiger partial charge on any atom is -0.473 e. The third kappa shape index (κ3) is 4.14. The molecule has 9 heteroatoms. The first-order chi connectivity index (χ1) is 9.01. The quantitative estimate of drug-likeness (QED) is 0.345. The Morgan fingerprint density at radius 2 is 2.32 bits per heavy atom. The Labute approximate surface area is 118 Å². The molecule has 0 N–H and O–H groups in total. The molecule has 0 bridgehead atoms. The number of hydrogen-bond donors (Lipinski definition) is 0. The summed E-state index contributed by atoms with van der Waals surface area (Å²) in [5.74, 6) is -0.773. The summed E-state index contributed by atoms with van der Waals surface area (Å²) in [7, 11) is 7.89. The fraction of sp³-hybridized carbons (Fsp3) is 0.400. The number of ether oxygens (including phenoxy) is 1. The number of nitrogens with zero attached hydrogens (tertiary/aromatic N) is 2. The number of nitro groups is 1. The van der Waals surface area contributed by atoms with Gasteiger partial charge in [-0.05, 0) is 29.7 Å². The van der Waals surface area contributed by atoms with E-state index in [0.29, 0.717) is 5.03 Å². The first kappa shape index (κ1) is 14.2. The van der Waals surface area contributed by atoms with E-state index in [0.717, 1.165) is 12.8 Å². The van der Waals surface area contributed by atoms with Crippen molar-refractivity contribution in [1.82, 2.24) is 4.98 Å². The highest BCUT2D eigenvalue weighted by Crippen LogP contribution is 2.55. The van der Waals surface area contributed by atoms with Gasteiger partial charge in [-0.1, -0.05) is 10.8 Å². The lowest BCUT2D eigenvalue weighted by atomic mass is 10.2. The topological polar surface area (TPSA) is 82.3 Å². The first-order valence-corrected chi connectivity index (χ1v) is 7.54. The van der Waals surface area contributed by atoms with E-state index in [2.05, 4.69) is 4.98 Å². The van der Waals surface area contributed by atoms with Gasteiger partial charge < -0.3 is 4.74 Å². The number of hydrogen-bond acceptors (Lipinski definition) is 7. The molecule has 1 saturated carbocycles. The van der Waals surface area contributed by atoms with E-state index in [1.807, 2.05) is 0 Å². The Balaban J connectivity index is 1.85. The number of rotatable bonds is 6. The molecule has 2 rings (SSSR count). The predicted molar refractivity (Wildman–Crippen MR) is 73.4 cm³/mol. The third-order valence-corrected chi connectivity index (χ3v) is 5.72. The zero-order valence-corrected chi connectivity index (χ0v) is 11.4. The van der Waals surface area contributed by atoms with E-state index in [4.69, 9.17) is 12.6 Å². The molecular weight excluding hydrogens is 287 g/mol. The van der Waals surface area contributed by atoms with Crippen LogP contribution in [0.5, 0.6) is 0 Å². The van der Waals surface area contributed by atoms with E-state index in [1.165, 1.54) is 23.1 Å². The number of carbonyl (C=O) groups is 1. The third-order valence-electron chi connectivity index (χ3n) is 2.52. The average Bonchev–Trinajstić information content (AvgIpc) is 3.15. The Morgan fingerprint density at radius 3 is 2.79 bits per heavy atom. The summed E-state index contributed by atoms with van der Waals surface area (Å²) < 4.78 is 4.71. The van der Waals surface area contributed by atoms with Gasteiger partial charge in [0.1, 0.15) is 17.8 Å². The van der Waals surface area contributed by atoms with Gasteiger partial charge in [0.05, 0.1) is 9.67 Å². The maximum absolute atomic E-state index is 10.6. The lowest BCUT2D eigenvalue weighted by Crippen LogP contribution is -2.15. The van der Waals surface area contributed by atoms with Gasteiger partial charge in [0.2, 0.25) is 13.7 Å². The molecule has 1 aromatic heterocycles. The van der Waals surface area contributed by atoms with Gasteiger partial charge in [-0.3, -0.25) is 14.9 Å². The van der Waals surface area contributed by atoms with E-state index in [-0.39, 0.29) is 17.0 Å². The fourth-order valence-electron chi connectivity index (χ4n) is 1.25. The van der Waals surface area contributed by atoms with Crippen LogP contribution in [0.2, 0.25) is 0 Å². The lowest BCUT2D eigenvalue weighted by molar-refractivity contribution is -0.385. The van der Waals surface area contributed by atoms with Gasteiger partial charge >= 0.3 is 0 Å². The Kier molecular flexibility index (Phi) is 4.36. The maximum atomic E-state index is 10.6. The molecule has 0 unspecified atom stereocenters. The smallest absolute Gasteiger partial charge is 0.287 e. The minimum absolute atomic E-state index is 0.0347. The van der Waals surface area contributed by atoms with Gasteiger partial charge in [-0.25, -0.2) is 4.98 Å². The van der Waals surface area contributed by atoms with Crippen LogP contribution in [-0.2, 0) is 4.74 Å². The van der Waals surface area contributed by atoms with E-state index in [1.54, 1.807) is 16.9 Å². The molecule has 1 aliphatic carbocycles. The van der Waals surface area contributed by atoms with Gasteiger partial charge in [0.15, 0.2) is 0 Å². The van der Waals surface area contributed by atoms with Crippen molar-refractivity contribution in [3.63, 3.8) is 0 Å². The summed E-state index contributed by atoms with van der Waals surface area (Å²) in [6.07, 6.45) is 3.12. The van der Waals surface area contributed by atoms with Crippen molar-refractivity contribution in [2.24, 2.45) is 0 Å². The van der Waals surface area contributed by atoms with Crippen LogP contribution in [0.3, 0.4) is 0 Å². The second-order valence-corrected chi connectivity index (χ2v) is 6.69. The largest absolute Gasteiger partial charge is 0.473 e. The standard InChI is InChI=1S/C10H9BN2O4S2/c11-9(14)17-6-10(3-4-10)19-18-8-2-1-7(5-12-8)13(15)16/h1-2,5H,3-4,6H2. The normalized spacial score (nSPS) is 15.8. The van der Waals surface area contributed by atoms with Crippen molar-refractivity contribution in [1.29, 1.82) is 0 Å². The van der Waals surface area contributed by atoms with Crippen LogP contribution in [-0.4, -0.2) is 35.0 Å². The van der Waals surface area contributed by atoms with Crippen LogP contribution < -0.4 is 0 Å². The average molecular weight is 296 g/mol. The van der Waals surface area contributed by atoms with Gasteiger partial charge in [0, 0.05) is 6.07 Å². The molecule has 19 heavy (non-hydrogen) atoms. The zero-order valence-electron chi connectivity index (χ0n) is 9.77. The lowest BCUT2D eigenvalue weighted by Gasteiger charge is -2.13. The van der Waals surface area contributed by atoms with Gasteiger partial charge in [-0.2, -0.15) is 0 Å². The Bertz CT molecular complexity index is 493. The van der Waals surface area contributed by atoms with Crippen LogP contribution >= 0.6 is 21.6 Å². The molecule has 1 fully saturated rings. The van der Waals surface area contributed by atoms with Crippen LogP contribution in [0.4, 0.5) is 10.5 Å². The number of pyridine rings is 1. The SMILES string of the molecule is [B]C(=O)OCC1(SSc2ccc([N+](=O)[O-])cn2)CC1. The second kappa shape index (κ2) is 5.83. The molecule has 0 spiro atoms. The summed E-state index contributed by atoms with van der Waals surface area (Å²) in [5.41, 5.74) is -0.0347. The number of aromatic nitrogens is 1. The first-order valence-electron chi connectivity index (χ1n) is 5.39. The van der Waals surface area contributed by atoms with E-state index >= 15 is 0 Å². The molecule has 2 radical (unpaired) electrons. The minimum atomic E-state index is -0.773. The van der Waals surface area contributed by atoms with Crippen molar-refractivity contribution < 1.29 is 14.5 Å². The summed E-state index contributed by atoms with van der Waals surface area (Å²) in [6, 6.07) is 3.01. The van der Waals surface area contributed by atoms with Crippen LogP contribution in [0.15, 0.2) is 23.4 Å². The molecule has 0 amide bonds. The Morgan fingerprint density at radius 1 is 1.58 bits per heavy atom. The Hall–Kier alpha value is -1.22. The van der Waals surface area contributed by atoms with Crippen molar-refractivity contribution >= 4 is 41.0 Å².